The fourth-order valence-electron chi connectivity index (χ4n) is 5.40. The number of likely N-dealkylation sites (tertiary alicyclic amines) is 1. The van der Waals surface area contributed by atoms with Crippen LogP contribution in [0, 0.1) is 0 Å². The van der Waals surface area contributed by atoms with Gasteiger partial charge in [-0.3, -0.25) is 14.6 Å². The number of benzene rings is 1. The molecule has 0 radical (unpaired) electrons. The van der Waals surface area contributed by atoms with Crippen molar-refractivity contribution in [1.82, 2.24) is 19.8 Å². The van der Waals surface area contributed by atoms with Gasteiger partial charge in [0.05, 0.1) is 11.9 Å². The molecule has 200 valence electrons. The lowest BCUT2D eigenvalue weighted by Gasteiger charge is -2.47. The number of aromatic nitrogens is 2. The van der Waals surface area contributed by atoms with Crippen molar-refractivity contribution in [1.29, 1.82) is 0 Å². The van der Waals surface area contributed by atoms with Crippen molar-refractivity contribution in [3.8, 4) is 0 Å². The Hall–Kier alpha value is -2.43. The summed E-state index contributed by atoms with van der Waals surface area (Å²) in [6.07, 6.45) is 3.38. The van der Waals surface area contributed by atoms with Crippen LogP contribution in [0.5, 0.6) is 0 Å². The van der Waals surface area contributed by atoms with Crippen molar-refractivity contribution in [3.63, 3.8) is 0 Å². The second-order valence-corrected chi connectivity index (χ2v) is 10.6. The molecule has 4 rings (SSSR count). The van der Waals surface area contributed by atoms with Gasteiger partial charge in [0.15, 0.2) is 17.1 Å². The van der Waals surface area contributed by atoms with Gasteiger partial charge in [0.2, 0.25) is 0 Å². The van der Waals surface area contributed by atoms with Gasteiger partial charge in [0.25, 0.3) is 5.91 Å². The number of hydrogen-bond acceptors (Lipinski definition) is 8. The minimum Gasteiger partial charge on any atom is -0.397 e. The van der Waals surface area contributed by atoms with Crippen LogP contribution >= 0.6 is 23.2 Å². The van der Waals surface area contributed by atoms with Crippen LogP contribution in [0.1, 0.15) is 49.1 Å². The van der Waals surface area contributed by atoms with E-state index in [-0.39, 0.29) is 0 Å². The van der Waals surface area contributed by atoms with Crippen molar-refractivity contribution in [2.75, 3.05) is 37.6 Å². The van der Waals surface area contributed by atoms with E-state index in [0.717, 1.165) is 57.5 Å². The largest absolute Gasteiger partial charge is 0.397 e. The molecule has 0 saturated carbocycles. The van der Waals surface area contributed by atoms with E-state index in [1.165, 1.54) is 0 Å². The van der Waals surface area contributed by atoms with Gasteiger partial charge in [-0.2, -0.15) is 0 Å². The monoisotopic (exact) mass is 547 g/mol. The number of carbonyl (C=O) groups is 1. The molecule has 1 aromatic heterocycles. The molecule has 1 amide bonds. The quantitative estimate of drug-likeness (QED) is 0.460. The van der Waals surface area contributed by atoms with E-state index >= 15 is 0 Å². The zero-order valence-electron chi connectivity index (χ0n) is 21.1. The maximum atomic E-state index is 11.6. The van der Waals surface area contributed by atoms with Crippen LogP contribution in [0.2, 0.25) is 10.2 Å². The third kappa shape index (κ3) is 6.35. The highest BCUT2D eigenvalue weighted by atomic mass is 35.5. The normalized spacial score (nSPS) is 20.6. The average Bonchev–Trinajstić information content (AvgIpc) is 2.89. The Morgan fingerprint density at radius 1 is 1.22 bits per heavy atom. The summed E-state index contributed by atoms with van der Waals surface area (Å²) < 4.78 is 0. The molecule has 2 fully saturated rings. The van der Waals surface area contributed by atoms with Gasteiger partial charge in [0, 0.05) is 43.3 Å². The lowest BCUT2D eigenvalue weighted by Crippen LogP contribution is -2.58. The van der Waals surface area contributed by atoms with Gasteiger partial charge in [-0.05, 0) is 55.6 Å². The molecule has 2 unspecified atom stereocenters. The molecule has 2 aliphatic rings. The van der Waals surface area contributed by atoms with E-state index in [4.69, 9.17) is 34.7 Å². The van der Waals surface area contributed by atoms with Crippen LogP contribution < -0.4 is 16.4 Å². The smallest absolute Gasteiger partial charge is 0.250 e. The molecule has 1 aromatic carbocycles. The lowest BCUT2D eigenvalue weighted by atomic mass is 9.96. The number of nitrogens with zero attached hydrogens (tertiary/aromatic N) is 5. The molecule has 9 nitrogen and oxygen atoms in total. The summed E-state index contributed by atoms with van der Waals surface area (Å²) in [6.45, 7) is 11.0. The molecule has 11 heteroatoms. The number of aliphatic hydroxyl groups is 1. The average molecular weight is 549 g/mol. The molecule has 5 N–H and O–H groups in total. The van der Waals surface area contributed by atoms with E-state index in [2.05, 4.69) is 38.2 Å². The summed E-state index contributed by atoms with van der Waals surface area (Å²) in [5.41, 5.74) is 13.3. The molecule has 2 atom stereocenters. The van der Waals surface area contributed by atoms with Crippen molar-refractivity contribution >= 4 is 40.6 Å². The van der Waals surface area contributed by atoms with Crippen molar-refractivity contribution < 1.29 is 9.90 Å². The zero-order valence-corrected chi connectivity index (χ0v) is 22.6. The number of piperazine rings is 1. The second kappa shape index (κ2) is 12.0. The highest BCUT2D eigenvalue weighted by Crippen LogP contribution is 2.30. The predicted molar refractivity (Wildman–Crippen MR) is 147 cm³/mol. The SMILES string of the molecule is C=C(N)c1cnc(N2CCN(C3CCN(Cc4ccc(Cl)cc4C(O)C(N)=O)CC3)C(CC)C2)c(Cl)n1. The Morgan fingerprint density at radius 2 is 1.95 bits per heavy atom. The summed E-state index contributed by atoms with van der Waals surface area (Å²) in [5, 5.41) is 11.1. The predicted octanol–water partition coefficient (Wildman–Crippen LogP) is 2.80. The van der Waals surface area contributed by atoms with Crippen LogP contribution in [-0.2, 0) is 11.3 Å². The number of halogens is 2. The summed E-state index contributed by atoms with van der Waals surface area (Å²) in [5.74, 6) is -0.0866. The van der Waals surface area contributed by atoms with Gasteiger partial charge in [-0.1, -0.05) is 42.8 Å². The summed E-state index contributed by atoms with van der Waals surface area (Å²) in [7, 11) is 0. The highest BCUT2D eigenvalue weighted by molar-refractivity contribution is 6.31. The lowest BCUT2D eigenvalue weighted by molar-refractivity contribution is -0.126. The number of anilines is 1. The third-order valence-corrected chi connectivity index (χ3v) is 7.92. The van der Waals surface area contributed by atoms with Crippen LogP contribution in [0.25, 0.3) is 5.70 Å². The number of rotatable bonds is 8. The third-order valence-electron chi connectivity index (χ3n) is 7.43. The fourth-order valence-corrected chi connectivity index (χ4v) is 5.84. The Bertz CT molecular complexity index is 1140. The first kappa shape index (κ1) is 27.6. The molecule has 0 aliphatic carbocycles. The Kier molecular flexibility index (Phi) is 8.92. The van der Waals surface area contributed by atoms with Gasteiger partial charge < -0.3 is 21.5 Å². The van der Waals surface area contributed by atoms with Crippen LogP contribution in [-0.4, -0.2) is 75.6 Å². The van der Waals surface area contributed by atoms with E-state index in [9.17, 15) is 9.90 Å². The molecule has 3 heterocycles. The minimum atomic E-state index is -1.36. The van der Waals surface area contributed by atoms with Gasteiger partial charge in [0.1, 0.15) is 5.69 Å². The van der Waals surface area contributed by atoms with Gasteiger partial charge >= 0.3 is 0 Å². The summed E-state index contributed by atoms with van der Waals surface area (Å²) in [6, 6.07) is 6.16. The van der Waals surface area contributed by atoms with Gasteiger partial charge in [-0.15, -0.1) is 0 Å². The Morgan fingerprint density at radius 3 is 2.57 bits per heavy atom. The summed E-state index contributed by atoms with van der Waals surface area (Å²) in [4.78, 5) is 27.7. The molecule has 0 spiro atoms. The molecule has 37 heavy (non-hydrogen) atoms. The number of piperidine rings is 1. The number of aliphatic hydroxyl groups excluding tert-OH is 1. The maximum absolute atomic E-state index is 11.6. The van der Waals surface area contributed by atoms with E-state index in [1.54, 1.807) is 18.3 Å². The molecule has 2 saturated heterocycles. The fraction of sp³-hybridized carbons (Fsp3) is 0.500. The molecule has 2 aromatic rings. The Labute approximate surface area is 228 Å². The number of carbonyl (C=O) groups excluding carboxylic acids is 1. The highest BCUT2D eigenvalue weighted by Gasteiger charge is 2.34. The molecular formula is C26H35Cl2N7O2. The maximum Gasteiger partial charge on any atom is 0.250 e. The molecule has 0 bridgehead atoms. The molecular weight excluding hydrogens is 513 g/mol. The first-order chi connectivity index (χ1) is 17.7. The van der Waals surface area contributed by atoms with Crippen molar-refractivity contribution in [2.45, 2.75) is 50.9 Å². The molecule has 2 aliphatic heterocycles. The topological polar surface area (TPSA) is 125 Å². The van der Waals surface area contributed by atoms with Crippen LogP contribution in [0.4, 0.5) is 5.82 Å². The van der Waals surface area contributed by atoms with Gasteiger partial charge in [-0.25, -0.2) is 9.97 Å². The number of hydrogen-bond donors (Lipinski definition) is 3. The van der Waals surface area contributed by atoms with Crippen LogP contribution in [0.3, 0.4) is 0 Å². The van der Waals surface area contributed by atoms with Crippen LogP contribution in [0.15, 0.2) is 31.0 Å². The first-order valence-electron chi connectivity index (χ1n) is 12.6. The van der Waals surface area contributed by atoms with Crippen molar-refractivity contribution in [3.05, 3.63) is 58.0 Å². The minimum absolute atomic E-state index is 0.347. The van der Waals surface area contributed by atoms with E-state index in [0.29, 0.717) is 51.6 Å². The standard InChI is InChI=1S/C26H35Cl2N7O2/c1-3-19-15-34(26-24(28)32-22(13-31-26)16(2)29)10-11-35(19)20-6-8-33(9-7-20)14-17-4-5-18(27)12-21(17)23(36)25(30)37/h4-5,12-13,19-20,23,36H,2-3,6-11,14-15,29H2,1H3,(H2,30,37). The zero-order chi connectivity index (χ0) is 26.7. The summed E-state index contributed by atoms with van der Waals surface area (Å²) >= 11 is 12.6. The first-order valence-corrected chi connectivity index (χ1v) is 13.4. The number of nitrogens with two attached hydrogens (primary N) is 2. The van der Waals surface area contributed by atoms with E-state index in [1.807, 2.05) is 6.07 Å². The van der Waals surface area contributed by atoms with Crippen molar-refractivity contribution in [2.24, 2.45) is 11.5 Å². The Balaban J connectivity index is 1.37. The number of primary amides is 1. The second-order valence-electron chi connectivity index (χ2n) is 9.80. The van der Waals surface area contributed by atoms with E-state index < -0.39 is 12.0 Å². The number of amides is 1.